The first-order valence-corrected chi connectivity index (χ1v) is 5.84. The second kappa shape index (κ2) is 5.71. The van der Waals surface area contributed by atoms with Crippen LogP contribution in [0.1, 0.15) is 16.5 Å². The van der Waals surface area contributed by atoms with Crippen LogP contribution >= 0.6 is 11.6 Å². The number of methoxy groups -OCH3 is 1. The van der Waals surface area contributed by atoms with E-state index in [-0.39, 0.29) is 11.3 Å². The third-order valence-corrected chi connectivity index (χ3v) is 3.17. The van der Waals surface area contributed by atoms with Gasteiger partial charge in [-0.05, 0) is 13.0 Å². The van der Waals surface area contributed by atoms with Crippen molar-refractivity contribution in [2.75, 3.05) is 7.11 Å². The number of benzene rings is 1. The molecule has 0 aliphatic rings. The Balaban J connectivity index is 3.33. The van der Waals surface area contributed by atoms with Crippen molar-refractivity contribution < 1.29 is 31.1 Å². The maximum absolute atomic E-state index is 12.6. The molecule has 0 bridgehead atoms. The molecule has 1 aromatic rings. The van der Waals surface area contributed by atoms with E-state index in [4.69, 9.17) is 16.3 Å². The first kappa shape index (κ1) is 16.9. The molecular formula is C12H11ClF6O. The highest BCUT2D eigenvalue weighted by Crippen LogP contribution is 2.50. The summed E-state index contributed by atoms with van der Waals surface area (Å²) in [5.74, 6) is -3.78. The predicted octanol–water partition coefficient (Wildman–Crippen LogP) is 5.02. The van der Waals surface area contributed by atoms with Crippen molar-refractivity contribution in [3.05, 3.63) is 29.3 Å². The Morgan fingerprint density at radius 1 is 1.05 bits per heavy atom. The van der Waals surface area contributed by atoms with Crippen LogP contribution in [0.15, 0.2) is 18.2 Å². The number of rotatable bonds is 3. The van der Waals surface area contributed by atoms with Gasteiger partial charge in [0.15, 0.2) is 5.92 Å². The molecule has 1 unspecified atom stereocenters. The molecule has 1 atom stereocenters. The first-order valence-electron chi connectivity index (χ1n) is 5.40. The van der Waals surface area contributed by atoms with Gasteiger partial charge in [0.1, 0.15) is 5.75 Å². The van der Waals surface area contributed by atoms with Crippen LogP contribution in [-0.4, -0.2) is 19.5 Å². The van der Waals surface area contributed by atoms with Gasteiger partial charge in [0.2, 0.25) is 0 Å². The molecule has 0 saturated carbocycles. The molecule has 0 radical (unpaired) electrons. The highest BCUT2D eigenvalue weighted by atomic mass is 35.5. The van der Waals surface area contributed by atoms with Crippen LogP contribution in [-0.2, 0) is 0 Å². The van der Waals surface area contributed by atoms with Gasteiger partial charge in [-0.2, -0.15) is 26.3 Å². The molecule has 0 aliphatic carbocycles. The highest BCUT2D eigenvalue weighted by Gasteiger charge is 2.60. The van der Waals surface area contributed by atoms with Gasteiger partial charge in [-0.15, -0.1) is 11.6 Å². The summed E-state index contributed by atoms with van der Waals surface area (Å²) < 4.78 is 80.6. The van der Waals surface area contributed by atoms with Crippen molar-refractivity contribution in [2.45, 2.75) is 24.7 Å². The zero-order valence-corrected chi connectivity index (χ0v) is 11.2. The minimum absolute atomic E-state index is 0.117. The molecule has 0 aliphatic heterocycles. The van der Waals surface area contributed by atoms with Gasteiger partial charge in [0.05, 0.1) is 12.5 Å². The second-order valence-electron chi connectivity index (χ2n) is 4.21. The standard InChI is InChI=1S/C12H11ClF6O/c1-6-3-4-8(20-2)7(5-6)9(13)10(11(14,15)16)12(17,18)19/h3-5,9-10H,1-2H3. The Morgan fingerprint density at radius 3 is 1.95 bits per heavy atom. The smallest absolute Gasteiger partial charge is 0.402 e. The van der Waals surface area contributed by atoms with Crippen molar-refractivity contribution in [3.8, 4) is 5.75 Å². The Bertz CT molecular complexity index is 454. The summed E-state index contributed by atoms with van der Waals surface area (Å²) >= 11 is 5.48. The molecule has 0 spiro atoms. The maximum atomic E-state index is 12.6. The lowest BCUT2D eigenvalue weighted by Gasteiger charge is -2.28. The number of hydrogen-bond acceptors (Lipinski definition) is 1. The Kier molecular flexibility index (Phi) is 4.84. The van der Waals surface area contributed by atoms with E-state index >= 15 is 0 Å². The highest BCUT2D eigenvalue weighted by molar-refractivity contribution is 6.21. The zero-order chi connectivity index (χ0) is 15.7. The number of halogens is 7. The molecule has 20 heavy (non-hydrogen) atoms. The third kappa shape index (κ3) is 3.71. The molecule has 114 valence electrons. The molecule has 0 fully saturated rings. The van der Waals surface area contributed by atoms with Crippen LogP contribution in [0.4, 0.5) is 26.3 Å². The number of hydrogen-bond donors (Lipinski definition) is 0. The Hall–Kier alpha value is -1.11. The monoisotopic (exact) mass is 320 g/mol. The van der Waals surface area contributed by atoms with E-state index in [0.29, 0.717) is 5.56 Å². The Labute approximate surface area is 116 Å². The van der Waals surface area contributed by atoms with Gasteiger partial charge in [0.25, 0.3) is 0 Å². The van der Waals surface area contributed by atoms with Crippen LogP contribution in [0.25, 0.3) is 0 Å². The summed E-state index contributed by atoms with van der Waals surface area (Å²) in [5.41, 5.74) is 0.142. The van der Waals surface area contributed by atoms with Gasteiger partial charge in [-0.3, -0.25) is 0 Å². The molecule has 8 heteroatoms. The number of alkyl halides is 7. The summed E-state index contributed by atoms with van der Waals surface area (Å²) in [6, 6.07) is 3.94. The van der Waals surface area contributed by atoms with Crippen molar-refractivity contribution in [3.63, 3.8) is 0 Å². The molecule has 0 amide bonds. The molecule has 1 rings (SSSR count). The molecule has 0 aromatic heterocycles. The molecule has 0 saturated heterocycles. The minimum atomic E-state index is -5.50. The average Bonchev–Trinajstić information content (AvgIpc) is 2.24. The second-order valence-corrected chi connectivity index (χ2v) is 4.68. The third-order valence-electron chi connectivity index (χ3n) is 2.68. The van der Waals surface area contributed by atoms with Crippen molar-refractivity contribution in [2.24, 2.45) is 5.92 Å². The SMILES string of the molecule is COc1ccc(C)cc1C(Cl)C(C(F)(F)F)C(F)(F)F. The summed E-state index contributed by atoms with van der Waals surface area (Å²) in [6.07, 6.45) is -11.0. The zero-order valence-electron chi connectivity index (χ0n) is 10.4. The van der Waals surface area contributed by atoms with Crippen LogP contribution in [0.2, 0.25) is 0 Å². The quantitative estimate of drug-likeness (QED) is 0.561. The van der Waals surface area contributed by atoms with E-state index in [9.17, 15) is 26.3 Å². The lowest BCUT2D eigenvalue weighted by atomic mass is 9.95. The van der Waals surface area contributed by atoms with Gasteiger partial charge < -0.3 is 4.74 Å². The number of aryl methyl sites for hydroxylation is 1. The van der Waals surface area contributed by atoms with Gasteiger partial charge in [-0.1, -0.05) is 17.7 Å². The predicted molar refractivity (Wildman–Crippen MR) is 61.9 cm³/mol. The van der Waals surface area contributed by atoms with E-state index in [1.165, 1.54) is 19.1 Å². The van der Waals surface area contributed by atoms with Gasteiger partial charge >= 0.3 is 12.4 Å². The first-order chi connectivity index (χ1) is 8.98. The van der Waals surface area contributed by atoms with E-state index in [0.717, 1.165) is 13.2 Å². The summed E-state index contributed by atoms with van der Waals surface area (Å²) in [6.45, 7) is 1.53. The van der Waals surface area contributed by atoms with Crippen LogP contribution in [0.3, 0.4) is 0 Å². The fourth-order valence-corrected chi connectivity index (χ4v) is 2.22. The topological polar surface area (TPSA) is 9.23 Å². The average molecular weight is 321 g/mol. The van der Waals surface area contributed by atoms with E-state index in [2.05, 4.69) is 0 Å². The lowest BCUT2D eigenvalue weighted by Crippen LogP contribution is -2.39. The van der Waals surface area contributed by atoms with E-state index in [1.807, 2.05) is 0 Å². The number of ether oxygens (including phenoxy) is 1. The lowest BCUT2D eigenvalue weighted by molar-refractivity contribution is -0.284. The fraction of sp³-hybridized carbons (Fsp3) is 0.500. The van der Waals surface area contributed by atoms with E-state index < -0.39 is 23.6 Å². The summed E-state index contributed by atoms with van der Waals surface area (Å²) in [5, 5.41) is -2.31. The summed E-state index contributed by atoms with van der Waals surface area (Å²) in [7, 11) is 1.15. The summed E-state index contributed by atoms with van der Waals surface area (Å²) in [4.78, 5) is 0. The minimum Gasteiger partial charge on any atom is -0.496 e. The molecular weight excluding hydrogens is 310 g/mol. The van der Waals surface area contributed by atoms with Crippen LogP contribution < -0.4 is 4.74 Å². The molecule has 0 N–H and O–H groups in total. The normalized spacial score (nSPS) is 14.5. The van der Waals surface area contributed by atoms with Crippen molar-refractivity contribution >= 4 is 11.6 Å². The molecule has 1 nitrogen and oxygen atoms in total. The van der Waals surface area contributed by atoms with Gasteiger partial charge in [-0.25, -0.2) is 0 Å². The van der Waals surface area contributed by atoms with Crippen LogP contribution in [0, 0.1) is 12.8 Å². The molecule has 0 heterocycles. The largest absolute Gasteiger partial charge is 0.496 e. The van der Waals surface area contributed by atoms with Gasteiger partial charge in [0, 0.05) is 5.56 Å². The van der Waals surface area contributed by atoms with Crippen molar-refractivity contribution in [1.29, 1.82) is 0 Å². The Morgan fingerprint density at radius 2 is 1.55 bits per heavy atom. The van der Waals surface area contributed by atoms with E-state index in [1.54, 1.807) is 0 Å². The maximum Gasteiger partial charge on any atom is 0.402 e. The molecule has 1 aromatic carbocycles. The van der Waals surface area contributed by atoms with Crippen LogP contribution in [0.5, 0.6) is 5.75 Å². The fourth-order valence-electron chi connectivity index (χ4n) is 1.77. The van der Waals surface area contributed by atoms with Crippen molar-refractivity contribution in [1.82, 2.24) is 0 Å².